The molecule has 4 nitrogen and oxygen atoms in total. The quantitative estimate of drug-likeness (QED) is 0.406. The van der Waals surface area contributed by atoms with Crippen LogP contribution in [-0.4, -0.2) is 16.6 Å². The average molecular weight is 438 g/mol. The van der Waals surface area contributed by atoms with E-state index < -0.39 is 5.60 Å². The van der Waals surface area contributed by atoms with Crippen LogP contribution in [0.1, 0.15) is 43.2 Å². The Bertz CT molecular complexity index is 1010. The molecule has 0 aliphatic heterocycles. The number of esters is 1. The zero-order chi connectivity index (χ0) is 22.3. The lowest BCUT2D eigenvalue weighted by Crippen LogP contribution is -2.25. The number of hydrogen-bond donors (Lipinski definition) is 0. The largest absolute Gasteiger partial charge is 0.489 e. The number of carbonyl (C=O) groups is 1. The van der Waals surface area contributed by atoms with E-state index in [4.69, 9.17) is 21.1 Å². The summed E-state index contributed by atoms with van der Waals surface area (Å²) in [5.74, 6) is 0.395. The second kappa shape index (κ2) is 10.5. The Morgan fingerprint density at radius 2 is 1.71 bits per heavy atom. The Hall–Kier alpha value is -2.85. The molecule has 0 saturated heterocycles. The van der Waals surface area contributed by atoms with Crippen LogP contribution >= 0.6 is 11.6 Å². The summed E-state index contributed by atoms with van der Waals surface area (Å²) in [6.07, 6.45) is 3.67. The van der Waals surface area contributed by atoms with Gasteiger partial charge in [0.2, 0.25) is 0 Å². The van der Waals surface area contributed by atoms with E-state index in [1.165, 1.54) is 0 Å². The number of aromatic nitrogens is 1. The lowest BCUT2D eigenvalue weighted by atomic mass is 10.0. The third-order valence-corrected chi connectivity index (χ3v) is 4.75. The summed E-state index contributed by atoms with van der Waals surface area (Å²) in [6, 6.07) is 19.5. The molecule has 0 aliphatic rings. The number of rotatable bonds is 8. The van der Waals surface area contributed by atoms with Crippen LogP contribution in [0.3, 0.4) is 0 Å². The number of hydrogen-bond acceptors (Lipinski definition) is 4. The summed E-state index contributed by atoms with van der Waals surface area (Å²) >= 11 is 6.34. The molecule has 0 N–H and O–H groups in total. The van der Waals surface area contributed by atoms with Crippen molar-refractivity contribution >= 4 is 17.6 Å². The van der Waals surface area contributed by atoms with Crippen molar-refractivity contribution in [2.45, 2.75) is 52.2 Å². The van der Waals surface area contributed by atoms with Crippen molar-refractivity contribution in [3.63, 3.8) is 0 Å². The van der Waals surface area contributed by atoms with Gasteiger partial charge in [0.25, 0.3) is 0 Å². The van der Waals surface area contributed by atoms with Gasteiger partial charge >= 0.3 is 5.97 Å². The van der Waals surface area contributed by atoms with E-state index in [0.717, 1.165) is 35.2 Å². The highest BCUT2D eigenvalue weighted by Gasteiger charge is 2.18. The van der Waals surface area contributed by atoms with Crippen LogP contribution in [0.4, 0.5) is 0 Å². The highest BCUT2D eigenvalue weighted by Crippen LogP contribution is 2.23. The van der Waals surface area contributed by atoms with Gasteiger partial charge in [0.1, 0.15) is 18.0 Å². The molecule has 0 amide bonds. The molecule has 0 unspecified atom stereocenters. The number of para-hydroxylation sites is 1. The smallest absolute Gasteiger partial charge is 0.310 e. The molecular formula is C26H28ClNO3. The molecule has 0 aliphatic carbocycles. The third kappa shape index (κ3) is 7.72. The van der Waals surface area contributed by atoms with Gasteiger partial charge in [-0.25, -0.2) is 0 Å². The van der Waals surface area contributed by atoms with Crippen molar-refractivity contribution in [3.05, 3.63) is 94.3 Å². The van der Waals surface area contributed by atoms with Gasteiger partial charge in [-0.2, -0.15) is 0 Å². The van der Waals surface area contributed by atoms with Gasteiger partial charge in [0.15, 0.2) is 0 Å². The topological polar surface area (TPSA) is 48.4 Å². The van der Waals surface area contributed by atoms with E-state index in [1.54, 1.807) is 6.20 Å². The molecule has 0 atom stereocenters. The van der Waals surface area contributed by atoms with Gasteiger partial charge in [-0.15, -0.1) is 0 Å². The van der Waals surface area contributed by atoms with E-state index in [2.05, 4.69) is 11.1 Å². The van der Waals surface area contributed by atoms with E-state index in [9.17, 15) is 4.79 Å². The lowest BCUT2D eigenvalue weighted by molar-refractivity contribution is -0.153. The number of nitrogens with zero attached hydrogens (tertiary/aromatic N) is 1. The van der Waals surface area contributed by atoms with Crippen molar-refractivity contribution in [1.82, 2.24) is 4.98 Å². The third-order valence-electron chi connectivity index (χ3n) is 4.54. The predicted octanol–water partition coefficient (Wildman–Crippen LogP) is 5.98. The first-order valence-corrected chi connectivity index (χ1v) is 10.8. The Balaban J connectivity index is 1.64. The van der Waals surface area contributed by atoms with Gasteiger partial charge in [0, 0.05) is 22.5 Å². The Kier molecular flexibility index (Phi) is 7.69. The second-order valence-electron chi connectivity index (χ2n) is 8.45. The van der Waals surface area contributed by atoms with E-state index in [1.807, 2.05) is 75.4 Å². The van der Waals surface area contributed by atoms with Crippen LogP contribution in [-0.2, 0) is 35.4 Å². The molecular weight excluding hydrogens is 410 g/mol. The van der Waals surface area contributed by atoms with Crippen molar-refractivity contribution < 1.29 is 14.3 Å². The van der Waals surface area contributed by atoms with Gasteiger partial charge in [-0.1, -0.05) is 41.9 Å². The molecule has 0 radical (unpaired) electrons. The van der Waals surface area contributed by atoms with Crippen LogP contribution < -0.4 is 4.74 Å². The fraction of sp³-hybridized carbons (Fsp3) is 0.308. The fourth-order valence-corrected chi connectivity index (χ4v) is 3.53. The summed E-state index contributed by atoms with van der Waals surface area (Å²) in [5.41, 5.74) is 3.46. The Labute approximate surface area is 189 Å². The predicted molar refractivity (Wildman–Crippen MR) is 123 cm³/mol. The van der Waals surface area contributed by atoms with Crippen LogP contribution in [0.5, 0.6) is 5.75 Å². The Morgan fingerprint density at radius 3 is 2.45 bits per heavy atom. The van der Waals surface area contributed by atoms with Crippen LogP contribution in [0.2, 0.25) is 5.02 Å². The average Bonchev–Trinajstić information content (AvgIpc) is 2.71. The minimum Gasteiger partial charge on any atom is -0.489 e. The van der Waals surface area contributed by atoms with Gasteiger partial charge in [0.05, 0.1) is 6.42 Å². The van der Waals surface area contributed by atoms with Gasteiger partial charge in [-0.05, 0) is 75.1 Å². The summed E-state index contributed by atoms with van der Waals surface area (Å²) in [7, 11) is 0. The van der Waals surface area contributed by atoms with Gasteiger partial charge in [-0.3, -0.25) is 9.78 Å². The first-order chi connectivity index (χ1) is 14.8. The summed E-state index contributed by atoms with van der Waals surface area (Å²) < 4.78 is 11.5. The number of pyridine rings is 1. The molecule has 0 fully saturated rings. The van der Waals surface area contributed by atoms with Gasteiger partial charge < -0.3 is 9.47 Å². The number of aryl methyl sites for hydroxylation is 2. The molecule has 2 aromatic carbocycles. The molecule has 0 bridgehead atoms. The first-order valence-electron chi connectivity index (χ1n) is 10.4. The molecule has 31 heavy (non-hydrogen) atoms. The maximum Gasteiger partial charge on any atom is 0.310 e. The monoisotopic (exact) mass is 437 g/mol. The van der Waals surface area contributed by atoms with Crippen molar-refractivity contribution in [2.24, 2.45) is 0 Å². The summed E-state index contributed by atoms with van der Waals surface area (Å²) in [6.45, 7) is 5.94. The lowest BCUT2D eigenvalue weighted by Gasteiger charge is -2.20. The molecule has 1 heterocycles. The fourth-order valence-electron chi connectivity index (χ4n) is 3.25. The van der Waals surface area contributed by atoms with E-state index >= 15 is 0 Å². The molecule has 162 valence electrons. The van der Waals surface area contributed by atoms with Crippen molar-refractivity contribution in [1.29, 1.82) is 0 Å². The zero-order valence-corrected chi connectivity index (χ0v) is 19.0. The van der Waals surface area contributed by atoms with E-state index in [0.29, 0.717) is 17.4 Å². The normalized spacial score (nSPS) is 11.2. The standard InChI is InChI=1S/C26H28ClNO3/c1-26(2,3)31-25(29)17-21-8-4-5-10-24(21)30-18-20-14-19(15-22(27)16-20)11-12-23-9-6-7-13-28-23/h4-10,13-16H,11-12,17-18H2,1-3H3. The van der Waals surface area contributed by atoms with Crippen LogP contribution in [0.15, 0.2) is 66.9 Å². The van der Waals surface area contributed by atoms with Crippen LogP contribution in [0.25, 0.3) is 0 Å². The minimum absolute atomic E-state index is 0.165. The minimum atomic E-state index is -0.515. The highest BCUT2D eigenvalue weighted by molar-refractivity contribution is 6.30. The van der Waals surface area contributed by atoms with Crippen molar-refractivity contribution in [3.8, 4) is 5.75 Å². The zero-order valence-electron chi connectivity index (χ0n) is 18.2. The van der Waals surface area contributed by atoms with E-state index in [-0.39, 0.29) is 12.4 Å². The van der Waals surface area contributed by atoms with Crippen LogP contribution in [0, 0.1) is 0 Å². The number of carbonyl (C=O) groups excluding carboxylic acids is 1. The number of halogens is 1. The summed E-state index contributed by atoms with van der Waals surface area (Å²) in [5, 5.41) is 0.680. The maximum absolute atomic E-state index is 12.2. The molecule has 3 rings (SSSR count). The van der Waals surface area contributed by atoms with Crippen molar-refractivity contribution in [2.75, 3.05) is 0 Å². The highest BCUT2D eigenvalue weighted by atomic mass is 35.5. The SMILES string of the molecule is CC(C)(C)OC(=O)Cc1ccccc1OCc1cc(Cl)cc(CCc2ccccn2)c1. The summed E-state index contributed by atoms with van der Waals surface area (Å²) in [4.78, 5) is 16.6. The molecule has 1 aromatic heterocycles. The molecule has 0 spiro atoms. The number of benzene rings is 2. The Morgan fingerprint density at radius 1 is 0.968 bits per heavy atom. The molecule has 3 aromatic rings. The second-order valence-corrected chi connectivity index (χ2v) is 8.88. The maximum atomic E-state index is 12.2. The first kappa shape index (κ1) is 22.8. The molecule has 0 saturated carbocycles. The number of ether oxygens (including phenoxy) is 2. The molecule has 5 heteroatoms.